The molecule has 15 heavy (non-hydrogen) atoms. The maximum atomic E-state index is 13.5. The molecule has 1 atom stereocenters. The van der Waals surface area contributed by atoms with E-state index < -0.39 is 11.9 Å². The molecule has 0 saturated heterocycles. The Morgan fingerprint density at radius 1 is 1.33 bits per heavy atom. The summed E-state index contributed by atoms with van der Waals surface area (Å²) in [7, 11) is 2.87. The van der Waals surface area contributed by atoms with Crippen LogP contribution in [0.5, 0.6) is 11.5 Å². The molecular weight excluding hydrogens is 201 g/mol. The standard InChI is InChI=1S/C10H14FNO3/c1-14-9-3-6(8(12)5-13)7(11)4-10(9)15-2/h3-4,8,13H,5,12H2,1-2H3/t8-/m0/s1. The number of nitrogens with two attached hydrogens (primary N) is 1. The van der Waals surface area contributed by atoms with Gasteiger partial charge in [0.15, 0.2) is 11.5 Å². The first-order valence-corrected chi connectivity index (χ1v) is 4.41. The van der Waals surface area contributed by atoms with Gasteiger partial charge >= 0.3 is 0 Å². The Labute approximate surface area is 87.4 Å². The van der Waals surface area contributed by atoms with E-state index in [0.29, 0.717) is 11.5 Å². The molecule has 0 heterocycles. The minimum absolute atomic E-state index is 0.204. The fraction of sp³-hybridized carbons (Fsp3) is 0.400. The minimum Gasteiger partial charge on any atom is -0.493 e. The Kier molecular flexibility index (Phi) is 3.88. The summed E-state index contributed by atoms with van der Waals surface area (Å²) >= 11 is 0. The van der Waals surface area contributed by atoms with Crippen LogP contribution >= 0.6 is 0 Å². The van der Waals surface area contributed by atoms with E-state index in [0.717, 1.165) is 0 Å². The fourth-order valence-corrected chi connectivity index (χ4v) is 1.25. The first kappa shape index (κ1) is 11.7. The van der Waals surface area contributed by atoms with E-state index >= 15 is 0 Å². The Morgan fingerprint density at radius 2 is 1.87 bits per heavy atom. The third-order valence-electron chi connectivity index (χ3n) is 2.10. The second kappa shape index (κ2) is 4.95. The number of hydrogen-bond donors (Lipinski definition) is 2. The van der Waals surface area contributed by atoms with Crippen molar-refractivity contribution in [3.63, 3.8) is 0 Å². The van der Waals surface area contributed by atoms with Crippen molar-refractivity contribution in [3.05, 3.63) is 23.5 Å². The molecule has 0 aliphatic rings. The van der Waals surface area contributed by atoms with Crippen LogP contribution in [0.15, 0.2) is 12.1 Å². The number of rotatable bonds is 4. The van der Waals surface area contributed by atoms with Crippen LogP contribution in [0.4, 0.5) is 4.39 Å². The third-order valence-corrected chi connectivity index (χ3v) is 2.10. The molecule has 0 aliphatic carbocycles. The molecule has 1 aromatic rings. The van der Waals surface area contributed by atoms with Crippen LogP contribution in [0, 0.1) is 5.82 Å². The second-order valence-electron chi connectivity index (χ2n) is 3.02. The monoisotopic (exact) mass is 215 g/mol. The largest absolute Gasteiger partial charge is 0.493 e. The lowest BCUT2D eigenvalue weighted by atomic mass is 10.1. The van der Waals surface area contributed by atoms with Gasteiger partial charge in [0.25, 0.3) is 0 Å². The molecule has 0 aromatic heterocycles. The maximum Gasteiger partial charge on any atom is 0.163 e. The van der Waals surface area contributed by atoms with Crippen molar-refractivity contribution in [3.8, 4) is 11.5 Å². The smallest absolute Gasteiger partial charge is 0.163 e. The van der Waals surface area contributed by atoms with Crippen molar-refractivity contribution in [1.82, 2.24) is 0 Å². The summed E-state index contributed by atoms with van der Waals surface area (Å²) in [5.74, 6) is 0.163. The predicted octanol–water partition coefficient (Wildman–Crippen LogP) is 0.835. The summed E-state index contributed by atoms with van der Waals surface area (Å²) in [5, 5.41) is 8.84. The summed E-state index contributed by atoms with van der Waals surface area (Å²) in [6.07, 6.45) is 0. The first-order valence-electron chi connectivity index (χ1n) is 4.41. The molecule has 0 bridgehead atoms. The highest BCUT2D eigenvalue weighted by Gasteiger charge is 2.15. The average Bonchev–Trinajstić information content (AvgIpc) is 2.27. The molecule has 84 valence electrons. The molecule has 0 spiro atoms. The Balaban J connectivity index is 3.19. The van der Waals surface area contributed by atoms with Crippen LogP contribution in [0.1, 0.15) is 11.6 Å². The van der Waals surface area contributed by atoms with E-state index in [1.54, 1.807) is 0 Å². The van der Waals surface area contributed by atoms with Gasteiger partial charge in [-0.05, 0) is 6.07 Å². The van der Waals surface area contributed by atoms with Gasteiger partial charge in [0, 0.05) is 11.6 Å². The van der Waals surface area contributed by atoms with Crippen molar-refractivity contribution >= 4 is 0 Å². The Hall–Kier alpha value is -1.33. The van der Waals surface area contributed by atoms with Crippen molar-refractivity contribution in [2.45, 2.75) is 6.04 Å². The van der Waals surface area contributed by atoms with E-state index in [9.17, 15) is 4.39 Å². The summed E-state index contributed by atoms with van der Waals surface area (Å²) < 4.78 is 23.4. The highest BCUT2D eigenvalue weighted by molar-refractivity contribution is 5.44. The van der Waals surface area contributed by atoms with Gasteiger partial charge in [-0.1, -0.05) is 0 Å². The fourth-order valence-electron chi connectivity index (χ4n) is 1.25. The van der Waals surface area contributed by atoms with E-state index in [4.69, 9.17) is 20.3 Å². The van der Waals surface area contributed by atoms with E-state index in [2.05, 4.69) is 0 Å². The van der Waals surface area contributed by atoms with Gasteiger partial charge in [0.1, 0.15) is 5.82 Å². The topological polar surface area (TPSA) is 64.7 Å². The summed E-state index contributed by atoms with van der Waals surface area (Å²) in [6, 6.07) is 1.85. The summed E-state index contributed by atoms with van der Waals surface area (Å²) in [4.78, 5) is 0. The normalized spacial score (nSPS) is 12.3. The molecule has 0 radical (unpaired) electrons. The third kappa shape index (κ3) is 2.37. The molecule has 0 fully saturated rings. The average molecular weight is 215 g/mol. The van der Waals surface area contributed by atoms with Gasteiger partial charge < -0.3 is 20.3 Å². The molecule has 0 amide bonds. The maximum absolute atomic E-state index is 13.5. The molecule has 3 N–H and O–H groups in total. The number of benzene rings is 1. The van der Waals surface area contributed by atoms with Gasteiger partial charge in [-0.3, -0.25) is 0 Å². The number of aliphatic hydroxyl groups excluding tert-OH is 1. The lowest BCUT2D eigenvalue weighted by Crippen LogP contribution is -2.16. The molecular formula is C10H14FNO3. The van der Waals surface area contributed by atoms with Crippen LogP contribution in [0.25, 0.3) is 0 Å². The van der Waals surface area contributed by atoms with Crippen molar-refractivity contribution in [2.24, 2.45) is 5.73 Å². The van der Waals surface area contributed by atoms with Gasteiger partial charge in [-0.25, -0.2) is 4.39 Å². The molecule has 0 aliphatic heterocycles. The van der Waals surface area contributed by atoms with Crippen molar-refractivity contribution < 1.29 is 19.0 Å². The highest BCUT2D eigenvalue weighted by Crippen LogP contribution is 2.31. The van der Waals surface area contributed by atoms with Crippen LogP contribution in [-0.2, 0) is 0 Å². The minimum atomic E-state index is -0.759. The van der Waals surface area contributed by atoms with Gasteiger partial charge in [-0.15, -0.1) is 0 Å². The number of methoxy groups -OCH3 is 2. The Bertz CT molecular complexity index is 344. The van der Waals surface area contributed by atoms with Crippen LogP contribution in [-0.4, -0.2) is 25.9 Å². The predicted molar refractivity (Wildman–Crippen MR) is 53.5 cm³/mol. The molecule has 4 nitrogen and oxygen atoms in total. The molecule has 5 heteroatoms. The number of ether oxygens (including phenoxy) is 2. The SMILES string of the molecule is COc1cc(F)c([C@@H](N)CO)cc1OC. The quantitative estimate of drug-likeness (QED) is 0.781. The van der Waals surface area contributed by atoms with Crippen molar-refractivity contribution in [1.29, 1.82) is 0 Å². The lowest BCUT2D eigenvalue weighted by molar-refractivity contribution is 0.264. The molecule has 0 unspecified atom stereocenters. The number of aliphatic hydroxyl groups is 1. The Morgan fingerprint density at radius 3 is 2.33 bits per heavy atom. The summed E-state index contributed by atoms with van der Waals surface area (Å²) in [6.45, 7) is -0.327. The van der Waals surface area contributed by atoms with Gasteiger partial charge in [0.2, 0.25) is 0 Å². The van der Waals surface area contributed by atoms with Gasteiger partial charge in [0.05, 0.1) is 26.9 Å². The zero-order chi connectivity index (χ0) is 11.4. The van der Waals surface area contributed by atoms with Crippen LogP contribution in [0.2, 0.25) is 0 Å². The molecule has 0 saturated carbocycles. The highest BCUT2D eigenvalue weighted by atomic mass is 19.1. The number of hydrogen-bond acceptors (Lipinski definition) is 4. The van der Waals surface area contributed by atoms with Crippen LogP contribution in [0.3, 0.4) is 0 Å². The van der Waals surface area contributed by atoms with E-state index in [-0.39, 0.29) is 12.2 Å². The van der Waals surface area contributed by atoms with Gasteiger partial charge in [-0.2, -0.15) is 0 Å². The van der Waals surface area contributed by atoms with E-state index in [1.807, 2.05) is 0 Å². The second-order valence-corrected chi connectivity index (χ2v) is 3.02. The summed E-state index contributed by atoms with van der Waals surface area (Å²) in [5.41, 5.74) is 5.73. The zero-order valence-corrected chi connectivity index (χ0v) is 8.66. The lowest BCUT2D eigenvalue weighted by Gasteiger charge is -2.14. The van der Waals surface area contributed by atoms with E-state index in [1.165, 1.54) is 26.4 Å². The van der Waals surface area contributed by atoms with Crippen LogP contribution < -0.4 is 15.2 Å². The molecule has 1 aromatic carbocycles. The molecule has 1 rings (SSSR count). The first-order chi connectivity index (χ1) is 7.13. The zero-order valence-electron chi connectivity index (χ0n) is 8.66. The van der Waals surface area contributed by atoms with Crippen molar-refractivity contribution in [2.75, 3.05) is 20.8 Å². The number of halogens is 1.